The van der Waals surface area contributed by atoms with E-state index >= 15 is 0 Å². The van der Waals surface area contributed by atoms with Crippen molar-refractivity contribution in [2.45, 2.75) is 46.0 Å². The first-order valence-corrected chi connectivity index (χ1v) is 8.73. The minimum absolute atomic E-state index is 0.385. The highest BCUT2D eigenvalue weighted by atomic mass is 32.1. The Labute approximate surface area is 135 Å². The molecule has 3 nitrogen and oxygen atoms in total. The Balaban J connectivity index is 2.18. The molecule has 2 heterocycles. The molecule has 3 rings (SSSR count). The van der Waals surface area contributed by atoms with Gasteiger partial charge in [-0.2, -0.15) is 5.26 Å². The Hall–Kier alpha value is -1.86. The number of rotatable bonds is 3. The second-order valence-corrected chi connectivity index (χ2v) is 7.38. The molecule has 0 bridgehead atoms. The van der Waals surface area contributed by atoms with Crippen molar-refractivity contribution in [2.75, 3.05) is 5.73 Å². The van der Waals surface area contributed by atoms with Gasteiger partial charge in [0.25, 0.3) is 0 Å². The van der Waals surface area contributed by atoms with Crippen LogP contribution in [-0.4, -0.2) is 4.98 Å². The van der Waals surface area contributed by atoms with Crippen LogP contribution in [-0.2, 0) is 12.8 Å². The number of aromatic nitrogens is 1. The smallest absolute Gasteiger partial charge is 0.142 e. The second kappa shape index (κ2) is 6.10. The van der Waals surface area contributed by atoms with Crippen LogP contribution >= 0.6 is 11.3 Å². The van der Waals surface area contributed by atoms with Gasteiger partial charge < -0.3 is 5.73 Å². The van der Waals surface area contributed by atoms with Crippen molar-refractivity contribution in [1.29, 1.82) is 5.26 Å². The Morgan fingerprint density at radius 3 is 2.91 bits per heavy atom. The molecular weight excluding hydrogens is 290 g/mol. The van der Waals surface area contributed by atoms with Crippen LogP contribution in [0.5, 0.6) is 0 Å². The molecule has 114 valence electrons. The van der Waals surface area contributed by atoms with E-state index in [9.17, 15) is 5.26 Å². The van der Waals surface area contributed by atoms with Gasteiger partial charge in [-0.15, -0.1) is 11.3 Å². The van der Waals surface area contributed by atoms with E-state index in [1.807, 2.05) is 0 Å². The summed E-state index contributed by atoms with van der Waals surface area (Å²) >= 11 is 1.73. The summed E-state index contributed by atoms with van der Waals surface area (Å²) in [6.45, 7) is 4.33. The van der Waals surface area contributed by atoms with Gasteiger partial charge in [-0.3, -0.25) is 0 Å². The third kappa shape index (κ3) is 2.62. The molecule has 0 radical (unpaired) electrons. The maximum Gasteiger partial charge on any atom is 0.142 e. The van der Waals surface area contributed by atoms with Crippen molar-refractivity contribution >= 4 is 17.2 Å². The quantitative estimate of drug-likeness (QED) is 0.909. The number of fused-ring (bicyclic) bond motifs is 1. The van der Waals surface area contributed by atoms with Crippen molar-refractivity contribution in [3.05, 3.63) is 33.8 Å². The largest absolute Gasteiger partial charge is 0.383 e. The van der Waals surface area contributed by atoms with E-state index in [4.69, 9.17) is 5.73 Å². The number of pyridine rings is 1. The molecule has 0 saturated carbocycles. The van der Waals surface area contributed by atoms with Crippen molar-refractivity contribution in [2.24, 2.45) is 5.92 Å². The fourth-order valence-electron chi connectivity index (χ4n) is 3.46. The number of nitrogens with two attached hydrogens (primary N) is 1. The van der Waals surface area contributed by atoms with Gasteiger partial charge in [0.2, 0.25) is 0 Å². The summed E-state index contributed by atoms with van der Waals surface area (Å²) in [5, 5.41) is 9.57. The van der Waals surface area contributed by atoms with Crippen LogP contribution < -0.4 is 5.73 Å². The molecule has 2 aromatic rings. The first-order chi connectivity index (χ1) is 10.6. The first-order valence-electron chi connectivity index (χ1n) is 7.92. The van der Waals surface area contributed by atoms with Crippen molar-refractivity contribution < 1.29 is 0 Å². The molecule has 2 aromatic heterocycles. The molecule has 2 N–H and O–H groups in total. The maximum atomic E-state index is 9.57. The Morgan fingerprint density at radius 1 is 1.45 bits per heavy atom. The zero-order valence-corrected chi connectivity index (χ0v) is 14.0. The summed E-state index contributed by atoms with van der Waals surface area (Å²) in [6.07, 6.45) is 5.64. The van der Waals surface area contributed by atoms with Gasteiger partial charge in [-0.05, 0) is 49.8 Å². The van der Waals surface area contributed by atoms with Crippen LogP contribution in [0.25, 0.3) is 10.4 Å². The van der Waals surface area contributed by atoms with Crippen molar-refractivity contribution in [3.8, 4) is 16.5 Å². The molecule has 0 spiro atoms. The number of thiophene rings is 1. The van der Waals surface area contributed by atoms with E-state index in [0.717, 1.165) is 29.0 Å². The van der Waals surface area contributed by atoms with Gasteiger partial charge in [-0.1, -0.05) is 19.8 Å². The van der Waals surface area contributed by atoms with E-state index in [-0.39, 0.29) is 0 Å². The van der Waals surface area contributed by atoms with Gasteiger partial charge in [-0.25, -0.2) is 4.98 Å². The second-order valence-electron chi connectivity index (χ2n) is 6.09. The summed E-state index contributed by atoms with van der Waals surface area (Å²) in [6, 6.07) is 6.51. The molecule has 0 saturated heterocycles. The molecule has 4 heteroatoms. The monoisotopic (exact) mass is 311 g/mol. The van der Waals surface area contributed by atoms with E-state index in [1.54, 1.807) is 11.3 Å². The zero-order valence-electron chi connectivity index (χ0n) is 13.1. The average molecular weight is 311 g/mol. The Morgan fingerprint density at radius 2 is 2.27 bits per heavy atom. The number of nitrogens with zero attached hydrogens (tertiary/aromatic N) is 2. The third-order valence-electron chi connectivity index (χ3n) is 4.49. The number of anilines is 1. The van der Waals surface area contributed by atoms with Crippen LogP contribution in [0.15, 0.2) is 12.1 Å². The summed E-state index contributed by atoms with van der Waals surface area (Å²) in [5.74, 6) is 1.09. The fraction of sp³-hybridized carbons (Fsp3) is 0.444. The lowest BCUT2D eigenvalue weighted by atomic mass is 9.81. The normalized spacial score (nSPS) is 17.0. The SMILES string of the molecule is CCCC1CCc2nc(N)c(C#N)c(-c3ccc(C)s3)c2C1. The lowest BCUT2D eigenvalue weighted by molar-refractivity contribution is 0.419. The number of nitrogen functional groups attached to an aromatic ring is 1. The van der Waals surface area contributed by atoms with Crippen molar-refractivity contribution in [1.82, 2.24) is 4.98 Å². The fourth-order valence-corrected chi connectivity index (χ4v) is 4.41. The third-order valence-corrected chi connectivity index (χ3v) is 5.51. The highest BCUT2D eigenvalue weighted by molar-refractivity contribution is 7.15. The number of hydrogen-bond donors (Lipinski definition) is 1. The minimum Gasteiger partial charge on any atom is -0.383 e. The van der Waals surface area contributed by atoms with Crippen LogP contribution in [0.2, 0.25) is 0 Å². The molecule has 1 aliphatic rings. The summed E-state index contributed by atoms with van der Waals surface area (Å²) < 4.78 is 0. The number of nitriles is 1. The lowest BCUT2D eigenvalue weighted by Gasteiger charge is -2.26. The molecular formula is C18H21N3S. The molecule has 0 fully saturated rings. The van der Waals surface area contributed by atoms with Crippen molar-refractivity contribution in [3.63, 3.8) is 0 Å². The summed E-state index contributed by atoms with van der Waals surface area (Å²) in [7, 11) is 0. The van der Waals surface area contributed by atoms with Gasteiger partial charge >= 0.3 is 0 Å². The lowest BCUT2D eigenvalue weighted by Crippen LogP contribution is -2.18. The average Bonchev–Trinajstić information content (AvgIpc) is 2.92. The summed E-state index contributed by atoms with van der Waals surface area (Å²) in [4.78, 5) is 6.94. The topological polar surface area (TPSA) is 62.7 Å². The van der Waals surface area contributed by atoms with Gasteiger partial charge in [0.15, 0.2) is 0 Å². The number of aryl methyl sites for hydroxylation is 2. The van der Waals surface area contributed by atoms with E-state index in [2.05, 4.69) is 37.0 Å². The predicted molar refractivity (Wildman–Crippen MR) is 91.8 cm³/mol. The van der Waals surface area contributed by atoms with Crippen LogP contribution in [0.4, 0.5) is 5.82 Å². The Kier molecular flexibility index (Phi) is 4.17. The standard InChI is InChI=1S/C18H21N3S/c1-3-4-12-6-7-15-13(9-12)17(14(10-19)18(20)21-15)16-8-5-11(2)22-16/h5,8,12H,3-4,6-7,9H2,1-2H3,(H2,20,21). The molecule has 1 atom stereocenters. The molecule has 1 unspecified atom stereocenters. The molecule has 22 heavy (non-hydrogen) atoms. The Bertz CT molecular complexity index is 740. The molecule has 0 amide bonds. The first kappa shape index (κ1) is 15.1. The molecule has 0 aliphatic heterocycles. The molecule has 1 aliphatic carbocycles. The molecule has 0 aromatic carbocycles. The van der Waals surface area contributed by atoms with Crippen LogP contribution in [0, 0.1) is 24.2 Å². The van der Waals surface area contributed by atoms with E-state index in [0.29, 0.717) is 17.3 Å². The zero-order chi connectivity index (χ0) is 15.7. The number of hydrogen-bond acceptors (Lipinski definition) is 4. The van der Waals surface area contributed by atoms with E-state index < -0.39 is 0 Å². The van der Waals surface area contributed by atoms with Gasteiger partial charge in [0.1, 0.15) is 17.5 Å². The summed E-state index contributed by atoms with van der Waals surface area (Å²) in [5.41, 5.74) is 10.0. The van der Waals surface area contributed by atoms with E-state index in [1.165, 1.54) is 29.7 Å². The highest BCUT2D eigenvalue weighted by Gasteiger charge is 2.26. The predicted octanol–water partition coefficient (Wildman–Crippen LogP) is 4.48. The minimum atomic E-state index is 0.385. The van der Waals surface area contributed by atoms with Gasteiger partial charge in [0, 0.05) is 21.0 Å². The van der Waals surface area contributed by atoms with Gasteiger partial charge in [0.05, 0.1) is 0 Å². The highest BCUT2D eigenvalue weighted by Crippen LogP contribution is 2.40. The van der Waals surface area contributed by atoms with Crippen LogP contribution in [0.1, 0.15) is 47.9 Å². The van der Waals surface area contributed by atoms with Crippen LogP contribution in [0.3, 0.4) is 0 Å². The maximum absolute atomic E-state index is 9.57.